The van der Waals surface area contributed by atoms with Crippen molar-refractivity contribution in [3.63, 3.8) is 0 Å². The zero-order valence-electron chi connectivity index (χ0n) is 8.18. The Labute approximate surface area is 93.2 Å². The van der Waals surface area contributed by atoms with Crippen LogP contribution < -0.4 is 0 Å². The third-order valence-corrected chi connectivity index (χ3v) is 1.69. The number of hydrogen-bond donors (Lipinski definition) is 0. The summed E-state index contributed by atoms with van der Waals surface area (Å²) in [7, 11) is 1.37. The van der Waals surface area contributed by atoms with Gasteiger partial charge in [0.15, 0.2) is 0 Å². The normalized spacial score (nSPS) is 9.29. The van der Waals surface area contributed by atoms with Gasteiger partial charge in [-0.15, -0.1) is 5.92 Å². The van der Waals surface area contributed by atoms with Crippen LogP contribution in [0.4, 0.5) is 0 Å². The van der Waals surface area contributed by atoms with Crippen molar-refractivity contribution in [2.75, 3.05) is 7.11 Å². The first-order valence-electron chi connectivity index (χ1n) is 4.17. The van der Waals surface area contributed by atoms with Crippen LogP contribution in [-0.4, -0.2) is 13.1 Å². The van der Waals surface area contributed by atoms with Gasteiger partial charge in [0.25, 0.3) is 0 Å². The number of methoxy groups -OCH3 is 1. The van der Waals surface area contributed by atoms with Gasteiger partial charge in [0, 0.05) is 12.8 Å². The van der Waals surface area contributed by atoms with Gasteiger partial charge < -0.3 is 4.74 Å². The van der Waals surface area contributed by atoms with Gasteiger partial charge in [0.2, 0.25) is 0 Å². The van der Waals surface area contributed by atoms with Crippen molar-refractivity contribution in [3.05, 3.63) is 23.2 Å². The van der Waals surface area contributed by atoms with Crippen LogP contribution in [0.5, 0.6) is 0 Å². The number of carbonyl (C=O) groups is 1. The van der Waals surface area contributed by atoms with Crippen LogP contribution in [0.25, 0.3) is 0 Å². The van der Waals surface area contributed by atoms with E-state index in [1.165, 1.54) is 7.11 Å². The fraction of sp³-hybridized carbons (Fsp3) is 0.364. The summed E-state index contributed by atoms with van der Waals surface area (Å²) in [5.41, 5.74) is 0.937. The molecule has 0 atom stereocenters. The Balaban J connectivity index is 3.63. The highest BCUT2D eigenvalue weighted by Crippen LogP contribution is 2.00. The van der Waals surface area contributed by atoms with Crippen LogP contribution in [0.2, 0.25) is 0 Å². The molecule has 0 aliphatic carbocycles. The number of rotatable bonds is 4. The second-order valence-corrected chi connectivity index (χ2v) is 3.09. The smallest absolute Gasteiger partial charge is 0.306 e. The van der Waals surface area contributed by atoms with E-state index >= 15 is 0 Å². The molecule has 14 heavy (non-hydrogen) atoms. The van der Waals surface area contributed by atoms with Gasteiger partial charge in [0.05, 0.1) is 13.5 Å². The molecule has 0 aromatic heterocycles. The van der Waals surface area contributed by atoms with Crippen LogP contribution in [0.15, 0.2) is 23.2 Å². The van der Waals surface area contributed by atoms with Crippen molar-refractivity contribution in [1.82, 2.24) is 0 Å². The third-order valence-electron chi connectivity index (χ3n) is 1.42. The monoisotopic (exact) mass is 256 g/mol. The lowest BCUT2D eigenvalue weighted by Crippen LogP contribution is -1.98. The van der Waals surface area contributed by atoms with Gasteiger partial charge in [-0.05, 0) is 10.6 Å². The van der Waals surface area contributed by atoms with Crippen LogP contribution in [0, 0.1) is 11.8 Å². The number of halogens is 1. The van der Waals surface area contributed by atoms with E-state index in [-0.39, 0.29) is 5.97 Å². The molecule has 0 unspecified atom stereocenters. The summed E-state index contributed by atoms with van der Waals surface area (Å²) in [6, 6.07) is 0. The van der Waals surface area contributed by atoms with Gasteiger partial charge in [-0.1, -0.05) is 34.5 Å². The van der Waals surface area contributed by atoms with E-state index in [2.05, 4.69) is 39.1 Å². The molecule has 2 nitrogen and oxygen atoms in total. The summed E-state index contributed by atoms with van der Waals surface area (Å²) in [5, 5.41) is 0. The lowest BCUT2D eigenvalue weighted by molar-refractivity contribution is -0.140. The molecule has 0 aliphatic rings. The third kappa shape index (κ3) is 7.63. The molecule has 0 fully saturated rings. The minimum atomic E-state index is -0.224. The van der Waals surface area contributed by atoms with E-state index in [0.29, 0.717) is 19.3 Å². The molecule has 76 valence electrons. The molecular formula is C11H13BrO2. The van der Waals surface area contributed by atoms with Crippen molar-refractivity contribution < 1.29 is 9.53 Å². The molecule has 0 aliphatic heterocycles. The Kier molecular flexibility index (Phi) is 7.96. The molecule has 0 amide bonds. The molecular weight excluding hydrogens is 244 g/mol. The zero-order chi connectivity index (χ0) is 10.8. The van der Waals surface area contributed by atoms with Crippen LogP contribution in [-0.2, 0) is 9.53 Å². The van der Waals surface area contributed by atoms with Gasteiger partial charge in [0.1, 0.15) is 0 Å². The SMILES string of the molecule is C=C(/C=C/Br)CC#CCCC(=O)OC. The lowest BCUT2D eigenvalue weighted by Gasteiger charge is -1.92. The van der Waals surface area contributed by atoms with Gasteiger partial charge in [-0.2, -0.15) is 0 Å². The quantitative estimate of drug-likeness (QED) is 0.439. The molecule has 0 bridgehead atoms. The zero-order valence-corrected chi connectivity index (χ0v) is 9.76. The van der Waals surface area contributed by atoms with Gasteiger partial charge in [-0.3, -0.25) is 4.79 Å². The van der Waals surface area contributed by atoms with E-state index in [1.54, 1.807) is 4.99 Å². The number of allylic oxidation sites excluding steroid dienone is 2. The molecule has 3 heteroatoms. The van der Waals surface area contributed by atoms with E-state index in [4.69, 9.17) is 0 Å². The first-order valence-corrected chi connectivity index (χ1v) is 5.09. The van der Waals surface area contributed by atoms with E-state index in [0.717, 1.165) is 5.57 Å². The summed E-state index contributed by atoms with van der Waals surface area (Å²) in [4.78, 5) is 12.4. The van der Waals surface area contributed by atoms with Crippen LogP contribution in [0.3, 0.4) is 0 Å². The molecule has 0 rings (SSSR count). The van der Waals surface area contributed by atoms with E-state index in [1.807, 2.05) is 6.08 Å². The predicted octanol–water partition coefficient (Wildman–Crippen LogP) is 2.80. The number of carbonyl (C=O) groups excluding carboxylic acids is 1. The number of hydrogen-bond acceptors (Lipinski definition) is 2. The predicted molar refractivity (Wildman–Crippen MR) is 60.9 cm³/mol. The Morgan fingerprint density at radius 1 is 1.57 bits per heavy atom. The van der Waals surface area contributed by atoms with E-state index in [9.17, 15) is 4.79 Å². The van der Waals surface area contributed by atoms with Crippen molar-refractivity contribution in [3.8, 4) is 11.8 Å². The average molecular weight is 257 g/mol. The summed E-state index contributed by atoms with van der Waals surface area (Å²) >= 11 is 3.15. The van der Waals surface area contributed by atoms with Crippen molar-refractivity contribution in [2.45, 2.75) is 19.3 Å². The summed E-state index contributed by atoms with van der Waals surface area (Å²) in [5.74, 6) is 5.58. The Hall–Kier alpha value is -1.01. The Bertz CT molecular complexity index is 281. The fourth-order valence-corrected chi connectivity index (χ4v) is 1.05. The molecule has 0 saturated heterocycles. The number of ether oxygens (including phenoxy) is 1. The highest BCUT2D eigenvalue weighted by molar-refractivity contribution is 9.11. The Morgan fingerprint density at radius 2 is 2.29 bits per heavy atom. The second kappa shape index (κ2) is 8.58. The minimum absolute atomic E-state index is 0.224. The molecule has 0 aromatic carbocycles. The molecule has 0 saturated carbocycles. The maximum atomic E-state index is 10.7. The highest BCUT2D eigenvalue weighted by Gasteiger charge is 1.95. The molecule has 0 N–H and O–H groups in total. The minimum Gasteiger partial charge on any atom is -0.469 e. The average Bonchev–Trinajstić information content (AvgIpc) is 2.17. The summed E-state index contributed by atoms with van der Waals surface area (Å²) in [6.07, 6.45) is 3.36. The first kappa shape index (κ1) is 13.0. The summed E-state index contributed by atoms with van der Waals surface area (Å²) in [6.45, 7) is 3.78. The standard InChI is InChI=1S/C11H13BrO2/c1-10(8-9-12)6-4-3-5-7-11(13)14-2/h8-9H,1,5-7H2,2H3/b9-8+. The van der Waals surface area contributed by atoms with E-state index < -0.39 is 0 Å². The topological polar surface area (TPSA) is 26.3 Å². The van der Waals surface area contributed by atoms with Crippen LogP contribution >= 0.6 is 15.9 Å². The largest absolute Gasteiger partial charge is 0.469 e. The van der Waals surface area contributed by atoms with Gasteiger partial charge >= 0.3 is 5.97 Å². The lowest BCUT2D eigenvalue weighted by atomic mass is 10.2. The second-order valence-electron chi connectivity index (χ2n) is 2.56. The van der Waals surface area contributed by atoms with Gasteiger partial charge in [-0.25, -0.2) is 0 Å². The summed E-state index contributed by atoms with van der Waals surface area (Å²) < 4.78 is 4.47. The first-order chi connectivity index (χ1) is 6.70. The molecule has 0 heterocycles. The van der Waals surface area contributed by atoms with Crippen LogP contribution in [0.1, 0.15) is 19.3 Å². The van der Waals surface area contributed by atoms with Crippen molar-refractivity contribution >= 4 is 21.9 Å². The molecule has 0 spiro atoms. The maximum Gasteiger partial charge on any atom is 0.306 e. The van der Waals surface area contributed by atoms with Crippen molar-refractivity contribution in [2.24, 2.45) is 0 Å². The molecule has 0 radical (unpaired) electrons. The van der Waals surface area contributed by atoms with Crippen molar-refractivity contribution in [1.29, 1.82) is 0 Å². The fourth-order valence-electron chi connectivity index (χ4n) is 0.679. The highest BCUT2D eigenvalue weighted by atomic mass is 79.9. The maximum absolute atomic E-state index is 10.7. The Morgan fingerprint density at radius 3 is 2.86 bits per heavy atom. The number of esters is 1. The molecule has 0 aromatic rings.